The van der Waals surface area contributed by atoms with Crippen LogP contribution in [-0.2, 0) is 11.3 Å². The maximum atomic E-state index is 11.3. The second kappa shape index (κ2) is 7.77. The van der Waals surface area contributed by atoms with Gasteiger partial charge in [-0.3, -0.25) is 9.69 Å². The highest BCUT2D eigenvalue weighted by molar-refractivity contribution is 5.77. The normalized spacial score (nSPS) is 16.4. The number of likely N-dealkylation sites (tertiary alicyclic amines) is 1. The number of nitrogens with zero attached hydrogens (tertiary/aromatic N) is 2. The first kappa shape index (κ1) is 15.5. The molecule has 21 heavy (non-hydrogen) atoms. The third-order valence-corrected chi connectivity index (χ3v) is 3.88. The highest BCUT2D eigenvalue weighted by Crippen LogP contribution is 2.11. The molecule has 1 aromatic rings. The lowest BCUT2D eigenvalue weighted by Crippen LogP contribution is -2.45. The Labute approximate surface area is 125 Å². The second-order valence-electron chi connectivity index (χ2n) is 5.42. The molecule has 5 nitrogen and oxygen atoms in total. The number of nitriles is 1. The summed E-state index contributed by atoms with van der Waals surface area (Å²) in [4.78, 5) is 13.5. The number of benzene rings is 1. The fourth-order valence-electron chi connectivity index (χ4n) is 2.59. The van der Waals surface area contributed by atoms with Crippen LogP contribution in [0.4, 0.5) is 0 Å². The van der Waals surface area contributed by atoms with Crippen LogP contribution in [0, 0.1) is 11.3 Å². The van der Waals surface area contributed by atoms with Crippen molar-refractivity contribution in [3.05, 3.63) is 35.4 Å². The molecule has 1 fully saturated rings. The predicted molar refractivity (Wildman–Crippen MR) is 81.5 cm³/mol. The Bertz CT molecular complexity index is 515. The Morgan fingerprint density at radius 3 is 2.86 bits per heavy atom. The molecule has 1 aromatic carbocycles. The van der Waals surface area contributed by atoms with Crippen molar-refractivity contribution in [3.63, 3.8) is 0 Å². The Morgan fingerprint density at radius 1 is 1.43 bits per heavy atom. The first-order valence-electron chi connectivity index (χ1n) is 7.36. The zero-order chi connectivity index (χ0) is 15.1. The van der Waals surface area contributed by atoms with Crippen molar-refractivity contribution in [1.82, 2.24) is 15.5 Å². The number of nitrogens with one attached hydrogen (secondary N) is 2. The molecule has 0 spiro atoms. The minimum atomic E-state index is 0.0785. The number of piperidine rings is 1. The first-order chi connectivity index (χ1) is 10.2. The summed E-state index contributed by atoms with van der Waals surface area (Å²) in [6.07, 6.45) is 2.10. The molecule has 1 aliphatic heterocycles. The van der Waals surface area contributed by atoms with Gasteiger partial charge in [-0.2, -0.15) is 5.26 Å². The molecule has 0 saturated carbocycles. The van der Waals surface area contributed by atoms with Crippen LogP contribution >= 0.6 is 0 Å². The topological polar surface area (TPSA) is 68.2 Å². The molecule has 0 unspecified atom stereocenters. The first-order valence-corrected chi connectivity index (χ1v) is 7.36. The fourth-order valence-corrected chi connectivity index (χ4v) is 2.59. The van der Waals surface area contributed by atoms with Gasteiger partial charge in [0.15, 0.2) is 0 Å². The van der Waals surface area contributed by atoms with Gasteiger partial charge in [-0.25, -0.2) is 0 Å². The van der Waals surface area contributed by atoms with Crippen LogP contribution in [0.1, 0.15) is 24.0 Å². The molecule has 1 aliphatic rings. The smallest absolute Gasteiger partial charge is 0.233 e. The van der Waals surface area contributed by atoms with Crippen molar-refractivity contribution in [2.24, 2.45) is 0 Å². The van der Waals surface area contributed by atoms with Crippen molar-refractivity contribution >= 4 is 5.91 Å². The number of rotatable bonds is 5. The summed E-state index contributed by atoms with van der Waals surface area (Å²) in [5.74, 6) is 0.0785. The number of carbonyl (C=O) groups excluding carboxylic acids is 1. The van der Waals surface area contributed by atoms with Crippen molar-refractivity contribution in [1.29, 1.82) is 5.26 Å². The SMILES string of the molecule is CNC(=O)CN1CCC(NCc2cccc(C#N)c2)CC1. The number of hydrogen-bond donors (Lipinski definition) is 2. The average Bonchev–Trinajstić information content (AvgIpc) is 2.54. The molecule has 1 heterocycles. The van der Waals surface area contributed by atoms with Gasteiger partial charge in [-0.1, -0.05) is 12.1 Å². The van der Waals surface area contributed by atoms with E-state index in [4.69, 9.17) is 5.26 Å². The zero-order valence-corrected chi connectivity index (χ0v) is 12.4. The second-order valence-corrected chi connectivity index (χ2v) is 5.42. The van der Waals surface area contributed by atoms with Crippen LogP contribution in [0.25, 0.3) is 0 Å². The summed E-state index contributed by atoms with van der Waals surface area (Å²) in [6, 6.07) is 10.3. The quantitative estimate of drug-likeness (QED) is 0.842. The molecule has 1 amide bonds. The number of carbonyl (C=O) groups is 1. The Kier molecular flexibility index (Phi) is 5.73. The fraction of sp³-hybridized carbons (Fsp3) is 0.500. The monoisotopic (exact) mass is 286 g/mol. The van der Waals surface area contributed by atoms with Gasteiger partial charge < -0.3 is 10.6 Å². The maximum absolute atomic E-state index is 11.3. The van der Waals surface area contributed by atoms with Crippen LogP contribution in [0.5, 0.6) is 0 Å². The van der Waals surface area contributed by atoms with Gasteiger partial charge in [0, 0.05) is 32.7 Å². The van der Waals surface area contributed by atoms with Crippen LogP contribution in [0.2, 0.25) is 0 Å². The largest absolute Gasteiger partial charge is 0.358 e. The van der Waals surface area contributed by atoms with E-state index >= 15 is 0 Å². The van der Waals surface area contributed by atoms with Gasteiger partial charge in [0.05, 0.1) is 18.2 Å². The molecule has 0 bridgehead atoms. The summed E-state index contributed by atoms with van der Waals surface area (Å²) in [5.41, 5.74) is 1.84. The molecular weight excluding hydrogens is 264 g/mol. The van der Waals surface area contributed by atoms with Crippen molar-refractivity contribution in [2.75, 3.05) is 26.7 Å². The van der Waals surface area contributed by atoms with Crippen LogP contribution in [0.15, 0.2) is 24.3 Å². The zero-order valence-electron chi connectivity index (χ0n) is 12.4. The summed E-state index contributed by atoms with van der Waals surface area (Å²) >= 11 is 0. The van der Waals surface area contributed by atoms with E-state index in [-0.39, 0.29) is 5.91 Å². The van der Waals surface area contributed by atoms with Crippen molar-refractivity contribution < 1.29 is 4.79 Å². The Balaban J connectivity index is 1.74. The standard InChI is InChI=1S/C16H22N4O/c1-18-16(21)12-20-7-5-15(6-8-20)19-11-14-4-2-3-13(9-14)10-17/h2-4,9,15,19H,5-8,11-12H2,1H3,(H,18,21). The van der Waals surface area contributed by atoms with E-state index in [1.54, 1.807) is 7.05 Å². The van der Waals surface area contributed by atoms with E-state index in [1.807, 2.05) is 24.3 Å². The van der Waals surface area contributed by atoms with Gasteiger partial charge in [0.2, 0.25) is 5.91 Å². The third kappa shape index (κ3) is 4.85. The summed E-state index contributed by atoms with van der Waals surface area (Å²) in [5, 5.41) is 15.1. The number of likely N-dealkylation sites (N-methyl/N-ethyl adjacent to an activating group) is 1. The molecule has 1 saturated heterocycles. The van der Waals surface area contributed by atoms with Crippen LogP contribution in [-0.4, -0.2) is 43.5 Å². The molecule has 112 valence electrons. The molecule has 0 radical (unpaired) electrons. The van der Waals surface area contributed by atoms with E-state index in [1.165, 1.54) is 0 Å². The van der Waals surface area contributed by atoms with Gasteiger partial charge in [0.1, 0.15) is 0 Å². The summed E-state index contributed by atoms with van der Waals surface area (Å²) in [6.45, 7) is 3.18. The van der Waals surface area contributed by atoms with Crippen LogP contribution < -0.4 is 10.6 Å². The highest BCUT2D eigenvalue weighted by Gasteiger charge is 2.19. The van der Waals surface area contributed by atoms with E-state index in [9.17, 15) is 4.79 Å². The minimum Gasteiger partial charge on any atom is -0.358 e. The van der Waals surface area contributed by atoms with E-state index < -0.39 is 0 Å². The van der Waals surface area contributed by atoms with Crippen molar-refractivity contribution in [2.45, 2.75) is 25.4 Å². The van der Waals surface area contributed by atoms with Gasteiger partial charge in [-0.05, 0) is 30.5 Å². The molecule has 0 atom stereocenters. The molecular formula is C16H22N4O. The molecule has 2 rings (SSSR count). The molecule has 0 aliphatic carbocycles. The third-order valence-electron chi connectivity index (χ3n) is 3.88. The van der Waals surface area contributed by atoms with Crippen LogP contribution in [0.3, 0.4) is 0 Å². The van der Waals surface area contributed by atoms with E-state index in [0.717, 1.165) is 38.0 Å². The lowest BCUT2D eigenvalue weighted by molar-refractivity contribution is -0.122. The Hall–Kier alpha value is -1.90. The average molecular weight is 286 g/mol. The molecule has 0 aromatic heterocycles. The predicted octanol–water partition coefficient (Wildman–Crippen LogP) is 0.858. The summed E-state index contributed by atoms with van der Waals surface area (Å²) < 4.78 is 0. The highest BCUT2D eigenvalue weighted by atomic mass is 16.1. The van der Waals surface area contributed by atoms with Gasteiger partial charge >= 0.3 is 0 Å². The lowest BCUT2D eigenvalue weighted by atomic mass is 10.0. The Morgan fingerprint density at radius 2 is 2.19 bits per heavy atom. The maximum Gasteiger partial charge on any atom is 0.233 e. The van der Waals surface area contributed by atoms with Gasteiger partial charge in [-0.15, -0.1) is 0 Å². The number of amides is 1. The lowest BCUT2D eigenvalue weighted by Gasteiger charge is -2.31. The minimum absolute atomic E-state index is 0.0785. The molecule has 2 N–H and O–H groups in total. The van der Waals surface area contributed by atoms with E-state index in [2.05, 4.69) is 21.6 Å². The van der Waals surface area contributed by atoms with Gasteiger partial charge in [0.25, 0.3) is 0 Å². The van der Waals surface area contributed by atoms with E-state index in [0.29, 0.717) is 18.2 Å². The molecule has 5 heteroatoms. The van der Waals surface area contributed by atoms with Crippen molar-refractivity contribution in [3.8, 4) is 6.07 Å². The summed E-state index contributed by atoms with van der Waals surface area (Å²) in [7, 11) is 1.67. The number of hydrogen-bond acceptors (Lipinski definition) is 4.